The second-order valence-corrected chi connectivity index (χ2v) is 13.0. The van der Waals surface area contributed by atoms with E-state index >= 15 is 0 Å². The van der Waals surface area contributed by atoms with Gasteiger partial charge in [0.25, 0.3) is 0 Å². The summed E-state index contributed by atoms with van der Waals surface area (Å²) in [5.74, 6) is -1.85. The van der Waals surface area contributed by atoms with Crippen LogP contribution in [0.1, 0.15) is 38.8 Å². The zero-order valence-corrected chi connectivity index (χ0v) is 17.1. The lowest BCUT2D eigenvalue weighted by Crippen LogP contribution is -2.57. The summed E-state index contributed by atoms with van der Waals surface area (Å²) in [6.45, 7) is 12.1. The van der Waals surface area contributed by atoms with Crippen LogP contribution in [0.4, 0.5) is 0 Å². The topological polar surface area (TPSA) is 49.7 Å². The molecule has 2 N–H and O–H groups in total. The summed E-state index contributed by atoms with van der Waals surface area (Å²) in [6, 6.07) is 18.4. The van der Waals surface area contributed by atoms with E-state index in [-0.39, 0.29) is 5.04 Å². The zero-order chi connectivity index (χ0) is 18.9. The second kappa shape index (κ2) is 6.69. The van der Waals surface area contributed by atoms with Crippen molar-refractivity contribution in [2.75, 3.05) is 0 Å². The highest BCUT2D eigenvalue weighted by Gasteiger charge is 2.54. The molecule has 0 heterocycles. The Labute approximate surface area is 152 Å². The number of aliphatic hydroxyl groups is 2. The van der Waals surface area contributed by atoms with E-state index in [9.17, 15) is 10.2 Å². The summed E-state index contributed by atoms with van der Waals surface area (Å²) >= 11 is 0. The van der Waals surface area contributed by atoms with Gasteiger partial charge in [-0.15, -0.1) is 0 Å². The zero-order valence-electron chi connectivity index (χ0n) is 16.1. The van der Waals surface area contributed by atoms with E-state index in [4.69, 9.17) is 4.43 Å². The number of rotatable bonds is 5. The summed E-state index contributed by atoms with van der Waals surface area (Å²) in [5.41, 5.74) is -0.445. The Morgan fingerprint density at radius 3 is 1.52 bits per heavy atom. The fourth-order valence-corrected chi connectivity index (χ4v) is 3.95. The summed E-state index contributed by atoms with van der Waals surface area (Å²) in [5, 5.41) is 23.1. The van der Waals surface area contributed by atoms with Crippen LogP contribution in [0.5, 0.6) is 0 Å². The van der Waals surface area contributed by atoms with Crippen LogP contribution in [0.3, 0.4) is 0 Å². The van der Waals surface area contributed by atoms with Crippen LogP contribution >= 0.6 is 0 Å². The van der Waals surface area contributed by atoms with Crippen LogP contribution in [0.25, 0.3) is 0 Å². The van der Waals surface area contributed by atoms with Crippen molar-refractivity contribution in [1.82, 2.24) is 0 Å². The third-order valence-electron chi connectivity index (χ3n) is 5.37. The minimum absolute atomic E-state index is 0.109. The van der Waals surface area contributed by atoms with E-state index in [0.29, 0.717) is 11.1 Å². The summed E-state index contributed by atoms with van der Waals surface area (Å²) in [6.07, 6.45) is 0. The molecule has 2 atom stereocenters. The Morgan fingerprint density at radius 2 is 1.12 bits per heavy atom. The molecule has 0 aromatic heterocycles. The van der Waals surface area contributed by atoms with Gasteiger partial charge in [-0.05, 0) is 30.6 Å². The van der Waals surface area contributed by atoms with Gasteiger partial charge in [0.1, 0.15) is 5.60 Å². The van der Waals surface area contributed by atoms with E-state index in [0.717, 1.165) is 0 Å². The minimum Gasteiger partial charge on any atom is -0.384 e. The van der Waals surface area contributed by atoms with Gasteiger partial charge < -0.3 is 14.6 Å². The smallest absolute Gasteiger partial charge is 0.217 e. The molecule has 0 aliphatic carbocycles. The van der Waals surface area contributed by atoms with Crippen molar-refractivity contribution in [3.8, 4) is 0 Å². The van der Waals surface area contributed by atoms with Crippen LogP contribution in [-0.4, -0.2) is 18.5 Å². The van der Waals surface area contributed by atoms with E-state index < -0.39 is 19.7 Å². The van der Waals surface area contributed by atoms with Crippen molar-refractivity contribution in [2.24, 2.45) is 0 Å². The highest BCUT2D eigenvalue weighted by molar-refractivity contribution is 6.74. The Bertz CT molecular complexity index is 690. The molecule has 4 heteroatoms. The first-order chi connectivity index (χ1) is 11.4. The third kappa shape index (κ3) is 3.72. The molecule has 3 nitrogen and oxygen atoms in total. The van der Waals surface area contributed by atoms with Crippen LogP contribution < -0.4 is 0 Å². The summed E-state index contributed by atoms with van der Waals surface area (Å²) in [4.78, 5) is 0. The summed E-state index contributed by atoms with van der Waals surface area (Å²) in [7, 11) is -2.38. The lowest BCUT2D eigenvalue weighted by atomic mass is 9.83. The molecule has 0 aliphatic heterocycles. The Kier molecular flexibility index (Phi) is 5.31. The molecular formula is C21H30O3Si. The molecule has 0 fully saturated rings. The van der Waals surface area contributed by atoms with Crippen LogP contribution in [0, 0.1) is 0 Å². The van der Waals surface area contributed by atoms with Gasteiger partial charge >= 0.3 is 0 Å². The summed E-state index contributed by atoms with van der Waals surface area (Å²) < 4.78 is 6.44. The van der Waals surface area contributed by atoms with Crippen molar-refractivity contribution < 1.29 is 14.6 Å². The molecule has 2 aromatic rings. The van der Waals surface area contributed by atoms with Crippen molar-refractivity contribution in [3.05, 3.63) is 71.8 Å². The van der Waals surface area contributed by atoms with E-state index in [1.54, 1.807) is 19.1 Å². The molecule has 0 spiro atoms. The first kappa shape index (κ1) is 19.9. The number of hydrogen-bond acceptors (Lipinski definition) is 3. The van der Waals surface area contributed by atoms with Crippen molar-refractivity contribution in [3.63, 3.8) is 0 Å². The maximum atomic E-state index is 11.7. The number of hydrogen-bond donors (Lipinski definition) is 2. The van der Waals surface area contributed by atoms with Crippen molar-refractivity contribution in [2.45, 2.75) is 57.2 Å². The molecule has 2 aromatic carbocycles. The van der Waals surface area contributed by atoms with E-state index in [2.05, 4.69) is 33.9 Å². The Hall–Kier alpha value is -1.46. The van der Waals surface area contributed by atoms with Gasteiger partial charge in [-0.2, -0.15) is 0 Å². The average Bonchev–Trinajstić information content (AvgIpc) is 2.55. The number of benzene rings is 2. The maximum absolute atomic E-state index is 11.7. The largest absolute Gasteiger partial charge is 0.384 e. The molecule has 0 saturated carbocycles. The molecule has 0 unspecified atom stereocenters. The lowest BCUT2D eigenvalue weighted by Gasteiger charge is -2.49. The molecule has 25 heavy (non-hydrogen) atoms. The predicted octanol–water partition coefficient (Wildman–Crippen LogP) is 4.76. The monoisotopic (exact) mass is 358 g/mol. The maximum Gasteiger partial charge on any atom is 0.217 e. The highest BCUT2D eigenvalue weighted by Crippen LogP contribution is 2.47. The minimum atomic E-state index is -2.38. The van der Waals surface area contributed by atoms with Crippen molar-refractivity contribution in [1.29, 1.82) is 0 Å². The molecular weight excluding hydrogens is 328 g/mol. The van der Waals surface area contributed by atoms with Gasteiger partial charge in [0, 0.05) is 5.56 Å². The van der Waals surface area contributed by atoms with Gasteiger partial charge in [0.2, 0.25) is 5.79 Å². The van der Waals surface area contributed by atoms with Gasteiger partial charge in [-0.1, -0.05) is 81.4 Å². The van der Waals surface area contributed by atoms with Crippen molar-refractivity contribution >= 4 is 8.32 Å². The molecule has 0 radical (unpaired) electrons. The average molecular weight is 359 g/mol. The Balaban J connectivity index is 2.62. The normalized spacial score (nSPS) is 17.6. The molecule has 0 aliphatic rings. The molecule has 0 amide bonds. The van der Waals surface area contributed by atoms with E-state index in [1.807, 2.05) is 48.5 Å². The quantitative estimate of drug-likeness (QED) is 0.598. The fraction of sp³-hybridized carbons (Fsp3) is 0.429. The predicted molar refractivity (Wildman–Crippen MR) is 105 cm³/mol. The molecule has 0 bridgehead atoms. The van der Waals surface area contributed by atoms with Crippen LogP contribution in [0.2, 0.25) is 18.1 Å². The van der Waals surface area contributed by atoms with Crippen LogP contribution in [-0.2, 0) is 15.8 Å². The van der Waals surface area contributed by atoms with Gasteiger partial charge in [0.05, 0.1) is 0 Å². The first-order valence-electron chi connectivity index (χ1n) is 8.68. The lowest BCUT2D eigenvalue weighted by molar-refractivity contribution is -0.274. The van der Waals surface area contributed by atoms with Gasteiger partial charge in [-0.3, -0.25) is 0 Å². The first-order valence-corrected chi connectivity index (χ1v) is 11.6. The SMILES string of the molecule is CC(C)(C)[Si](C)(C)O[C@@](O)(c1ccccc1)[C@](C)(O)c1ccccc1. The fourth-order valence-electron chi connectivity index (χ4n) is 2.58. The van der Waals surface area contributed by atoms with Crippen LogP contribution in [0.15, 0.2) is 60.7 Å². The van der Waals surface area contributed by atoms with E-state index in [1.165, 1.54) is 0 Å². The highest BCUT2D eigenvalue weighted by atomic mass is 28.4. The second-order valence-electron chi connectivity index (χ2n) is 8.31. The van der Waals surface area contributed by atoms with Gasteiger partial charge in [-0.25, -0.2) is 0 Å². The standard InChI is InChI=1S/C21H30O3Si/c1-19(2,3)25(5,6)24-21(23,18-15-11-8-12-16-18)20(4,22)17-13-9-7-10-14-17/h7-16,22-23H,1-6H3/t20-,21+/m1/s1. The molecule has 136 valence electrons. The van der Waals surface area contributed by atoms with Gasteiger partial charge in [0.15, 0.2) is 8.32 Å². The molecule has 0 saturated heterocycles. The Morgan fingerprint density at radius 1 is 0.720 bits per heavy atom. The third-order valence-corrected chi connectivity index (χ3v) is 9.79. The molecule has 2 rings (SSSR count).